The lowest BCUT2D eigenvalue weighted by Crippen LogP contribution is -2.25. The minimum absolute atomic E-state index is 0.0207. The maximum Gasteiger partial charge on any atom is 0.345 e. The topological polar surface area (TPSA) is 133 Å². The summed E-state index contributed by atoms with van der Waals surface area (Å²) in [5.41, 5.74) is 1.16. The Hall–Kier alpha value is -4.66. The van der Waals surface area contributed by atoms with Crippen LogP contribution in [0.5, 0.6) is 0 Å². The van der Waals surface area contributed by atoms with E-state index >= 15 is 0 Å². The second-order valence-electron chi connectivity index (χ2n) is 8.31. The molecular formula is C26H18N2O7. The van der Waals surface area contributed by atoms with E-state index in [-0.39, 0.29) is 16.7 Å². The molecule has 1 amide bonds. The molecule has 0 atom stereocenters. The van der Waals surface area contributed by atoms with Crippen molar-refractivity contribution in [3.05, 3.63) is 104 Å². The third-order valence-electron chi connectivity index (χ3n) is 6.19. The number of hydrogen-bond donors (Lipinski definition) is 1. The molecule has 0 fully saturated rings. The molecule has 0 bridgehead atoms. The standard InChI is InChI=1S/C26H18N2O7/c29-21(27-16-9-8-14-4-3-5-15(14)12-16)13-35-26(32)20-11-10-19-22(23(20)28(33)34)25(31)18-7-2-1-6-17(18)24(19)30/h1-2,6-12H,3-5,13H2,(H,27,29). The van der Waals surface area contributed by atoms with Crippen molar-refractivity contribution in [2.75, 3.05) is 11.9 Å². The van der Waals surface area contributed by atoms with Crippen molar-refractivity contribution in [1.82, 2.24) is 0 Å². The lowest BCUT2D eigenvalue weighted by atomic mass is 9.82. The summed E-state index contributed by atoms with van der Waals surface area (Å²) in [6.07, 6.45) is 2.99. The summed E-state index contributed by atoms with van der Waals surface area (Å²) in [4.78, 5) is 61.9. The van der Waals surface area contributed by atoms with Crippen LogP contribution in [-0.4, -0.2) is 35.0 Å². The molecule has 9 nitrogen and oxygen atoms in total. The largest absolute Gasteiger partial charge is 0.452 e. The van der Waals surface area contributed by atoms with Crippen molar-refractivity contribution >= 4 is 34.8 Å². The molecule has 0 saturated carbocycles. The van der Waals surface area contributed by atoms with Crippen LogP contribution in [0.2, 0.25) is 0 Å². The molecule has 0 radical (unpaired) electrons. The summed E-state index contributed by atoms with van der Waals surface area (Å²) >= 11 is 0. The van der Waals surface area contributed by atoms with Crippen LogP contribution < -0.4 is 5.32 Å². The summed E-state index contributed by atoms with van der Waals surface area (Å²) in [5.74, 6) is -3.04. The van der Waals surface area contributed by atoms with Gasteiger partial charge in [-0.15, -0.1) is 0 Å². The number of amides is 1. The maximum atomic E-state index is 13.0. The first-order valence-electron chi connectivity index (χ1n) is 10.9. The second kappa shape index (κ2) is 8.60. The number of benzene rings is 3. The van der Waals surface area contributed by atoms with Crippen LogP contribution in [0.1, 0.15) is 59.7 Å². The summed E-state index contributed by atoms with van der Waals surface area (Å²) in [6.45, 7) is -0.681. The van der Waals surface area contributed by atoms with Gasteiger partial charge in [-0.25, -0.2) is 4.79 Å². The van der Waals surface area contributed by atoms with Crippen molar-refractivity contribution in [3.8, 4) is 0 Å². The highest BCUT2D eigenvalue weighted by Crippen LogP contribution is 2.35. The van der Waals surface area contributed by atoms with E-state index in [1.165, 1.54) is 23.8 Å². The highest BCUT2D eigenvalue weighted by atomic mass is 16.6. The molecule has 2 aliphatic carbocycles. The fourth-order valence-corrected chi connectivity index (χ4v) is 4.58. The Balaban J connectivity index is 1.37. The molecule has 2 aliphatic rings. The minimum Gasteiger partial charge on any atom is -0.452 e. The molecule has 0 saturated heterocycles. The van der Waals surface area contributed by atoms with Crippen molar-refractivity contribution < 1.29 is 28.8 Å². The first kappa shape index (κ1) is 22.1. The number of carbonyl (C=O) groups excluding carboxylic acids is 4. The van der Waals surface area contributed by atoms with E-state index in [0.29, 0.717) is 5.69 Å². The average Bonchev–Trinajstić information content (AvgIpc) is 3.33. The highest BCUT2D eigenvalue weighted by molar-refractivity contribution is 6.30. The van der Waals surface area contributed by atoms with Gasteiger partial charge in [-0.3, -0.25) is 24.5 Å². The van der Waals surface area contributed by atoms with Crippen LogP contribution in [0, 0.1) is 10.1 Å². The van der Waals surface area contributed by atoms with Gasteiger partial charge in [0.1, 0.15) is 11.1 Å². The number of aryl methyl sites for hydroxylation is 2. The third-order valence-corrected chi connectivity index (χ3v) is 6.19. The predicted molar refractivity (Wildman–Crippen MR) is 124 cm³/mol. The molecule has 35 heavy (non-hydrogen) atoms. The van der Waals surface area contributed by atoms with Crippen LogP contribution in [0.4, 0.5) is 11.4 Å². The molecule has 0 heterocycles. The van der Waals surface area contributed by atoms with Crippen LogP contribution in [-0.2, 0) is 22.4 Å². The number of esters is 1. The molecule has 5 rings (SSSR count). The smallest absolute Gasteiger partial charge is 0.345 e. The van der Waals surface area contributed by atoms with Gasteiger partial charge in [0.2, 0.25) is 5.78 Å². The molecule has 3 aromatic carbocycles. The van der Waals surface area contributed by atoms with Gasteiger partial charge in [-0.2, -0.15) is 0 Å². The monoisotopic (exact) mass is 470 g/mol. The summed E-state index contributed by atoms with van der Waals surface area (Å²) < 4.78 is 5.02. The zero-order chi connectivity index (χ0) is 24.7. The number of fused-ring (bicyclic) bond motifs is 3. The van der Waals surface area contributed by atoms with Gasteiger partial charge >= 0.3 is 5.97 Å². The fraction of sp³-hybridized carbons (Fsp3) is 0.154. The molecule has 9 heteroatoms. The second-order valence-corrected chi connectivity index (χ2v) is 8.31. The summed E-state index contributed by atoms with van der Waals surface area (Å²) in [5, 5.41) is 14.5. The normalized spacial score (nSPS) is 13.5. The number of ketones is 2. The van der Waals surface area contributed by atoms with Crippen LogP contribution in [0.25, 0.3) is 0 Å². The van der Waals surface area contributed by atoms with Crippen LogP contribution >= 0.6 is 0 Å². The molecule has 3 aromatic rings. The Kier molecular flexibility index (Phi) is 5.44. The van der Waals surface area contributed by atoms with Crippen LogP contribution in [0.3, 0.4) is 0 Å². The number of hydrogen-bond acceptors (Lipinski definition) is 7. The van der Waals surface area contributed by atoms with E-state index in [2.05, 4.69) is 5.32 Å². The number of rotatable bonds is 5. The Morgan fingerprint density at radius 1 is 0.914 bits per heavy atom. The number of nitro groups is 1. The number of nitrogens with zero attached hydrogens (tertiary/aromatic N) is 1. The van der Waals surface area contributed by atoms with Gasteiger partial charge in [-0.05, 0) is 54.7 Å². The molecule has 0 aromatic heterocycles. The van der Waals surface area contributed by atoms with E-state index in [9.17, 15) is 29.3 Å². The van der Waals surface area contributed by atoms with Gasteiger partial charge in [0.25, 0.3) is 11.6 Å². The number of anilines is 1. The molecule has 0 spiro atoms. The van der Waals surface area contributed by atoms with E-state index in [4.69, 9.17) is 4.74 Å². The fourth-order valence-electron chi connectivity index (χ4n) is 4.58. The number of nitrogens with one attached hydrogen (secondary N) is 1. The average molecular weight is 470 g/mol. The lowest BCUT2D eigenvalue weighted by molar-refractivity contribution is -0.385. The lowest BCUT2D eigenvalue weighted by Gasteiger charge is -2.18. The van der Waals surface area contributed by atoms with Gasteiger partial charge in [0, 0.05) is 22.4 Å². The maximum absolute atomic E-state index is 13.0. The number of carbonyl (C=O) groups is 4. The third kappa shape index (κ3) is 3.86. The summed E-state index contributed by atoms with van der Waals surface area (Å²) in [7, 11) is 0. The Labute approximate surface area is 198 Å². The van der Waals surface area contributed by atoms with Gasteiger partial charge < -0.3 is 10.1 Å². The molecule has 1 N–H and O–H groups in total. The number of nitro benzene ring substituents is 1. The van der Waals surface area contributed by atoms with Crippen molar-refractivity contribution in [2.45, 2.75) is 19.3 Å². The Bertz CT molecular complexity index is 1460. The molecule has 0 aliphatic heterocycles. The SMILES string of the molecule is O=C(COC(=O)c1ccc2c(c1[N+](=O)[O-])C(=O)c1ccccc1C2=O)Nc1ccc2c(c1)CCC2. The van der Waals surface area contributed by atoms with E-state index < -0.39 is 51.8 Å². The molecular weight excluding hydrogens is 452 g/mol. The van der Waals surface area contributed by atoms with Gasteiger partial charge in [-0.1, -0.05) is 30.3 Å². The molecule has 0 unspecified atom stereocenters. The zero-order valence-corrected chi connectivity index (χ0v) is 18.3. The summed E-state index contributed by atoms with van der Waals surface area (Å²) in [6, 6.07) is 13.8. The van der Waals surface area contributed by atoms with E-state index in [1.807, 2.05) is 12.1 Å². The van der Waals surface area contributed by atoms with Gasteiger partial charge in [0.15, 0.2) is 12.4 Å². The van der Waals surface area contributed by atoms with E-state index in [1.54, 1.807) is 18.2 Å². The van der Waals surface area contributed by atoms with Gasteiger partial charge in [0.05, 0.1) is 4.92 Å². The minimum atomic E-state index is -1.15. The van der Waals surface area contributed by atoms with Crippen LogP contribution in [0.15, 0.2) is 54.6 Å². The van der Waals surface area contributed by atoms with Crippen molar-refractivity contribution in [3.63, 3.8) is 0 Å². The highest BCUT2D eigenvalue weighted by Gasteiger charge is 2.39. The molecule has 174 valence electrons. The number of ether oxygens (including phenoxy) is 1. The van der Waals surface area contributed by atoms with Crippen molar-refractivity contribution in [2.24, 2.45) is 0 Å². The Morgan fingerprint density at radius 2 is 1.63 bits per heavy atom. The van der Waals surface area contributed by atoms with E-state index in [0.717, 1.165) is 30.9 Å². The van der Waals surface area contributed by atoms with Crippen molar-refractivity contribution in [1.29, 1.82) is 0 Å². The quantitative estimate of drug-likeness (QED) is 0.267. The zero-order valence-electron chi connectivity index (χ0n) is 18.3. The first-order chi connectivity index (χ1) is 16.8. The Morgan fingerprint density at radius 3 is 2.37 bits per heavy atom. The predicted octanol–water partition coefficient (Wildman–Crippen LogP) is 3.65. The first-order valence-corrected chi connectivity index (χ1v) is 10.9.